The number of aliphatic carboxylic acids is 2. The lowest BCUT2D eigenvalue weighted by Gasteiger charge is -2.16. The Morgan fingerprint density at radius 1 is 0.559 bits per heavy atom. The van der Waals surface area contributed by atoms with E-state index in [2.05, 4.69) is 5.32 Å². The lowest BCUT2D eigenvalue weighted by Crippen LogP contribution is -2.40. The summed E-state index contributed by atoms with van der Waals surface area (Å²) in [6.45, 7) is 1.72. The average Bonchev–Trinajstić information content (AvgIpc) is 2.80. The van der Waals surface area contributed by atoms with Gasteiger partial charge < -0.3 is 15.5 Å². The van der Waals surface area contributed by atoms with Crippen LogP contribution in [0.3, 0.4) is 0 Å². The molecule has 3 N–H and O–H groups in total. The van der Waals surface area contributed by atoms with Gasteiger partial charge in [-0.2, -0.15) is 0 Å². The predicted molar refractivity (Wildman–Crippen MR) is 135 cm³/mol. The van der Waals surface area contributed by atoms with Crippen molar-refractivity contribution in [3.8, 4) is 0 Å². The molecule has 0 heterocycles. The lowest BCUT2D eigenvalue weighted by molar-refractivity contribution is -0.138. The van der Waals surface area contributed by atoms with E-state index in [4.69, 9.17) is 10.2 Å². The number of carbonyl (C=O) groups is 4. The molecule has 1 atom stereocenters. The second-order valence-corrected chi connectivity index (χ2v) is 9.42. The van der Waals surface area contributed by atoms with Crippen molar-refractivity contribution in [2.45, 2.75) is 148 Å². The highest BCUT2D eigenvalue weighted by Gasteiger charge is 2.19. The minimum atomic E-state index is -0.957. The lowest BCUT2D eigenvalue weighted by atomic mass is 10.0. The van der Waals surface area contributed by atoms with Gasteiger partial charge in [0.1, 0.15) is 0 Å². The van der Waals surface area contributed by atoms with Crippen molar-refractivity contribution >= 4 is 23.6 Å². The van der Waals surface area contributed by atoms with E-state index in [0.717, 1.165) is 38.5 Å². The normalized spacial score (nSPS) is 11.8. The van der Waals surface area contributed by atoms with Gasteiger partial charge in [0.05, 0.1) is 6.04 Å². The number of carbonyl (C=O) groups excluding carboxylic acids is 2. The summed E-state index contributed by atoms with van der Waals surface area (Å²) in [6, 6.07) is -0.677. The summed E-state index contributed by atoms with van der Waals surface area (Å²) in [6.07, 6.45) is 19.7. The van der Waals surface area contributed by atoms with Crippen LogP contribution in [0, 0.1) is 0 Å². The van der Waals surface area contributed by atoms with Crippen molar-refractivity contribution in [1.29, 1.82) is 0 Å². The van der Waals surface area contributed by atoms with Crippen molar-refractivity contribution in [3.63, 3.8) is 0 Å². The maximum Gasteiger partial charge on any atom is 0.303 e. The zero-order chi connectivity index (χ0) is 25.4. The number of rotatable bonds is 25. The van der Waals surface area contributed by atoms with Crippen LogP contribution in [0.2, 0.25) is 0 Å². The number of carboxylic acids is 2. The first kappa shape index (κ1) is 32.1. The number of amides is 1. The molecule has 34 heavy (non-hydrogen) atoms. The van der Waals surface area contributed by atoms with Gasteiger partial charge in [-0.3, -0.25) is 19.2 Å². The number of unbranched alkanes of at least 4 members (excludes halogenated alkanes) is 15. The van der Waals surface area contributed by atoms with Gasteiger partial charge in [0.2, 0.25) is 5.91 Å². The van der Waals surface area contributed by atoms with Crippen molar-refractivity contribution in [2.75, 3.05) is 0 Å². The molecule has 0 fully saturated rings. The molecule has 0 aromatic heterocycles. The highest BCUT2D eigenvalue weighted by molar-refractivity contribution is 5.89. The number of hydrogen-bond donors (Lipinski definition) is 3. The Morgan fingerprint density at radius 3 is 1.26 bits per heavy atom. The molecule has 0 saturated carbocycles. The van der Waals surface area contributed by atoms with E-state index in [1.807, 2.05) is 0 Å². The Hall–Kier alpha value is -1.92. The van der Waals surface area contributed by atoms with Crippen LogP contribution in [0.1, 0.15) is 142 Å². The van der Waals surface area contributed by atoms with E-state index in [9.17, 15) is 19.2 Å². The summed E-state index contributed by atoms with van der Waals surface area (Å²) in [5.41, 5.74) is 0. The van der Waals surface area contributed by atoms with Crippen LogP contribution in [-0.2, 0) is 19.2 Å². The molecule has 0 aliphatic heterocycles. The van der Waals surface area contributed by atoms with Gasteiger partial charge in [0.25, 0.3) is 0 Å². The molecule has 0 spiro atoms. The predicted octanol–water partition coefficient (Wildman–Crippen LogP) is 6.42. The number of Topliss-reactive ketones (excluding diaryl/α,β-unsaturated/α-hetero) is 1. The van der Waals surface area contributed by atoms with Gasteiger partial charge in [-0.1, -0.05) is 96.8 Å². The van der Waals surface area contributed by atoms with Crippen LogP contribution in [0.4, 0.5) is 0 Å². The Morgan fingerprint density at radius 2 is 0.912 bits per heavy atom. The van der Waals surface area contributed by atoms with Crippen molar-refractivity contribution in [2.24, 2.45) is 0 Å². The molecule has 0 aliphatic carbocycles. The van der Waals surface area contributed by atoms with E-state index in [0.29, 0.717) is 19.3 Å². The van der Waals surface area contributed by atoms with Gasteiger partial charge in [-0.05, 0) is 19.3 Å². The van der Waals surface area contributed by atoms with E-state index in [-0.39, 0.29) is 24.5 Å². The molecule has 0 aromatic rings. The van der Waals surface area contributed by atoms with Crippen molar-refractivity contribution in [1.82, 2.24) is 5.32 Å². The monoisotopic (exact) mass is 483 g/mol. The van der Waals surface area contributed by atoms with Gasteiger partial charge >= 0.3 is 11.9 Å². The molecule has 0 aromatic carbocycles. The Bertz CT molecular complexity index is 563. The quantitative estimate of drug-likeness (QED) is 0.129. The van der Waals surface area contributed by atoms with Crippen molar-refractivity contribution < 1.29 is 29.4 Å². The summed E-state index contributed by atoms with van der Waals surface area (Å²) in [5.74, 6) is -1.91. The summed E-state index contributed by atoms with van der Waals surface area (Å²) in [7, 11) is 0. The Kier molecular flexibility index (Phi) is 21.6. The molecule has 0 rings (SSSR count). The van der Waals surface area contributed by atoms with E-state index < -0.39 is 18.0 Å². The topological polar surface area (TPSA) is 121 Å². The van der Waals surface area contributed by atoms with Crippen molar-refractivity contribution in [3.05, 3.63) is 0 Å². The fraction of sp³-hybridized carbons (Fsp3) is 0.852. The molecular formula is C27H49NO6. The second-order valence-electron chi connectivity index (χ2n) is 9.42. The van der Waals surface area contributed by atoms with Crippen LogP contribution in [0.25, 0.3) is 0 Å². The standard InChI is InChI=1S/C27H49NO6/c1-2-24(29)23(21-22-27(33)34)28-25(30)19-17-15-13-11-9-7-5-3-4-6-8-10-12-14-16-18-20-26(31)32/h23H,2-22H2,1H3,(H,28,30)(H,31,32)(H,33,34)/t23-/m0/s1. The fourth-order valence-electron chi connectivity index (χ4n) is 4.13. The van der Waals surface area contributed by atoms with Gasteiger partial charge in [-0.15, -0.1) is 0 Å². The maximum absolute atomic E-state index is 12.1. The van der Waals surface area contributed by atoms with Gasteiger partial charge in [0, 0.05) is 25.7 Å². The van der Waals surface area contributed by atoms with Crippen LogP contribution < -0.4 is 5.32 Å². The summed E-state index contributed by atoms with van der Waals surface area (Å²) >= 11 is 0. The smallest absolute Gasteiger partial charge is 0.303 e. The Balaban J connectivity index is 3.46. The minimum Gasteiger partial charge on any atom is -0.481 e. The molecule has 0 radical (unpaired) electrons. The summed E-state index contributed by atoms with van der Waals surface area (Å²) < 4.78 is 0. The number of ketones is 1. The molecule has 0 bridgehead atoms. The largest absolute Gasteiger partial charge is 0.481 e. The zero-order valence-electron chi connectivity index (χ0n) is 21.5. The number of carboxylic acid groups (broad SMARTS) is 2. The van der Waals surface area contributed by atoms with Gasteiger partial charge in [-0.25, -0.2) is 0 Å². The first-order valence-electron chi connectivity index (χ1n) is 13.6. The molecule has 0 unspecified atom stereocenters. The molecule has 198 valence electrons. The maximum atomic E-state index is 12.1. The van der Waals surface area contributed by atoms with E-state index in [1.165, 1.54) is 64.2 Å². The number of nitrogens with one attached hydrogen (secondary N) is 1. The molecule has 1 amide bonds. The fourth-order valence-corrected chi connectivity index (χ4v) is 4.13. The van der Waals surface area contributed by atoms with E-state index >= 15 is 0 Å². The number of hydrogen-bond acceptors (Lipinski definition) is 4. The zero-order valence-corrected chi connectivity index (χ0v) is 21.5. The van der Waals surface area contributed by atoms with Crippen LogP contribution in [0.15, 0.2) is 0 Å². The first-order valence-corrected chi connectivity index (χ1v) is 13.6. The average molecular weight is 484 g/mol. The molecule has 0 saturated heterocycles. The second kappa shape index (κ2) is 22.9. The van der Waals surface area contributed by atoms with Crippen LogP contribution in [0.5, 0.6) is 0 Å². The van der Waals surface area contributed by atoms with Crippen LogP contribution in [-0.4, -0.2) is 39.9 Å². The molecular weight excluding hydrogens is 434 g/mol. The van der Waals surface area contributed by atoms with Crippen LogP contribution >= 0.6 is 0 Å². The molecule has 7 heteroatoms. The third-order valence-corrected chi connectivity index (χ3v) is 6.26. The molecule has 7 nitrogen and oxygen atoms in total. The third kappa shape index (κ3) is 21.9. The Labute approximate surface area is 206 Å². The highest BCUT2D eigenvalue weighted by atomic mass is 16.4. The minimum absolute atomic E-state index is 0.112. The third-order valence-electron chi connectivity index (χ3n) is 6.26. The summed E-state index contributed by atoms with van der Waals surface area (Å²) in [4.78, 5) is 45.1. The molecule has 0 aliphatic rings. The summed E-state index contributed by atoms with van der Waals surface area (Å²) in [5, 5.41) is 20.1. The SMILES string of the molecule is CCC(=O)[C@H](CCC(=O)O)NC(=O)CCCCCCCCCCCCCCCCCCC(=O)O. The van der Waals surface area contributed by atoms with Gasteiger partial charge in [0.15, 0.2) is 5.78 Å². The first-order chi connectivity index (χ1) is 16.4. The highest BCUT2D eigenvalue weighted by Crippen LogP contribution is 2.14. The van der Waals surface area contributed by atoms with E-state index in [1.54, 1.807) is 6.92 Å².